The van der Waals surface area contributed by atoms with Gasteiger partial charge in [-0.25, -0.2) is 0 Å². The number of unbranched alkanes of at least 4 members (excludes halogenated alkanes) is 10. The highest BCUT2D eigenvalue weighted by Crippen LogP contribution is 2.15. The molecule has 0 aromatic heterocycles. The first-order valence-electron chi connectivity index (χ1n) is 11.6. The standard InChI is InChI=1S/C22H42O7S/c1-3-5-7-9-11-13-16-28-21(23)19-20(15-18-30(25,26)27)22(24)29-17-14-12-10-8-6-4-2/h20H,3-19H2,1-2H3,(H,25,26,27). The maximum absolute atomic E-state index is 12.3. The van der Waals surface area contributed by atoms with Gasteiger partial charge in [-0.1, -0.05) is 78.1 Å². The molecule has 7 nitrogen and oxygen atoms in total. The molecule has 0 aliphatic carbocycles. The van der Waals surface area contributed by atoms with Crippen LogP contribution in [0, 0.1) is 5.92 Å². The van der Waals surface area contributed by atoms with Crippen molar-refractivity contribution in [2.75, 3.05) is 19.0 Å². The molecule has 0 aliphatic rings. The molecular formula is C22H42O7S. The van der Waals surface area contributed by atoms with Crippen LogP contribution in [0.3, 0.4) is 0 Å². The Kier molecular flexibility index (Phi) is 17.9. The number of carbonyl (C=O) groups is 2. The molecule has 0 spiro atoms. The minimum absolute atomic E-state index is 0.166. The van der Waals surface area contributed by atoms with Crippen LogP contribution in [0.4, 0.5) is 0 Å². The Morgan fingerprint density at radius 1 is 0.767 bits per heavy atom. The van der Waals surface area contributed by atoms with Gasteiger partial charge in [-0.3, -0.25) is 14.1 Å². The van der Waals surface area contributed by atoms with E-state index in [0.717, 1.165) is 44.9 Å². The lowest BCUT2D eigenvalue weighted by Crippen LogP contribution is -2.25. The van der Waals surface area contributed by atoms with Crippen molar-refractivity contribution >= 4 is 22.1 Å². The van der Waals surface area contributed by atoms with E-state index in [1.807, 2.05) is 0 Å². The van der Waals surface area contributed by atoms with E-state index in [2.05, 4.69) is 13.8 Å². The number of rotatable bonds is 20. The van der Waals surface area contributed by atoms with Gasteiger partial charge in [0.25, 0.3) is 10.1 Å². The van der Waals surface area contributed by atoms with Crippen LogP contribution in [0.1, 0.15) is 104 Å². The third kappa shape index (κ3) is 18.9. The van der Waals surface area contributed by atoms with Crippen molar-refractivity contribution < 1.29 is 32.0 Å². The third-order valence-corrected chi connectivity index (χ3v) is 5.73. The molecule has 1 N–H and O–H groups in total. The fraction of sp³-hybridized carbons (Fsp3) is 0.909. The molecule has 1 atom stereocenters. The first-order chi connectivity index (χ1) is 14.3. The predicted octanol–water partition coefficient (Wildman–Crippen LogP) is 5.08. The van der Waals surface area contributed by atoms with Crippen molar-refractivity contribution in [3.63, 3.8) is 0 Å². The van der Waals surface area contributed by atoms with Crippen molar-refractivity contribution in [3.8, 4) is 0 Å². The first-order valence-corrected chi connectivity index (χ1v) is 13.2. The Bertz CT molecular complexity index is 546. The van der Waals surface area contributed by atoms with Crippen LogP contribution in [-0.2, 0) is 29.2 Å². The maximum atomic E-state index is 12.3. The Balaban J connectivity index is 4.27. The molecule has 8 heteroatoms. The summed E-state index contributed by atoms with van der Waals surface area (Å²) in [6.45, 7) is 4.84. The van der Waals surface area contributed by atoms with E-state index in [0.29, 0.717) is 6.61 Å². The average Bonchev–Trinajstić information content (AvgIpc) is 2.68. The quantitative estimate of drug-likeness (QED) is 0.157. The monoisotopic (exact) mass is 450 g/mol. The number of carbonyl (C=O) groups excluding carboxylic acids is 2. The second kappa shape index (κ2) is 18.6. The number of esters is 2. The molecule has 0 saturated carbocycles. The van der Waals surface area contributed by atoms with Crippen LogP contribution >= 0.6 is 0 Å². The first kappa shape index (κ1) is 28.9. The molecule has 0 aromatic carbocycles. The van der Waals surface area contributed by atoms with Gasteiger partial charge in [-0.15, -0.1) is 0 Å². The van der Waals surface area contributed by atoms with Crippen molar-refractivity contribution in [3.05, 3.63) is 0 Å². The van der Waals surface area contributed by atoms with E-state index in [4.69, 9.17) is 14.0 Å². The van der Waals surface area contributed by atoms with Crippen molar-refractivity contribution in [2.45, 2.75) is 104 Å². The molecule has 178 valence electrons. The third-order valence-electron chi connectivity index (χ3n) is 4.97. The van der Waals surface area contributed by atoms with Crippen molar-refractivity contribution in [2.24, 2.45) is 5.92 Å². The topological polar surface area (TPSA) is 107 Å². The summed E-state index contributed by atoms with van der Waals surface area (Å²) in [5, 5.41) is 0. The van der Waals surface area contributed by atoms with E-state index in [9.17, 15) is 18.0 Å². The maximum Gasteiger partial charge on any atom is 0.309 e. The molecule has 0 fully saturated rings. The molecule has 0 aromatic rings. The zero-order valence-electron chi connectivity index (χ0n) is 18.9. The van der Waals surface area contributed by atoms with Gasteiger partial charge in [-0.05, 0) is 19.3 Å². The van der Waals surface area contributed by atoms with Gasteiger partial charge in [0.2, 0.25) is 0 Å². The predicted molar refractivity (Wildman–Crippen MR) is 118 cm³/mol. The Hall–Kier alpha value is -1.15. The molecule has 0 radical (unpaired) electrons. The van der Waals surface area contributed by atoms with Crippen LogP contribution in [0.2, 0.25) is 0 Å². The lowest BCUT2D eigenvalue weighted by molar-refractivity contribution is -0.155. The van der Waals surface area contributed by atoms with Crippen molar-refractivity contribution in [1.82, 2.24) is 0 Å². The molecule has 1 unspecified atom stereocenters. The zero-order valence-corrected chi connectivity index (χ0v) is 19.7. The summed E-state index contributed by atoms with van der Waals surface area (Å²) in [5.74, 6) is -2.66. The average molecular weight is 451 g/mol. The molecule has 0 aliphatic heterocycles. The Morgan fingerprint density at radius 3 is 1.73 bits per heavy atom. The largest absolute Gasteiger partial charge is 0.466 e. The molecule has 0 saturated heterocycles. The molecule has 0 heterocycles. The van der Waals surface area contributed by atoms with Crippen LogP contribution in [0.15, 0.2) is 0 Å². The second-order valence-corrected chi connectivity index (χ2v) is 9.47. The van der Waals surface area contributed by atoms with Gasteiger partial charge < -0.3 is 9.47 Å². The second-order valence-electron chi connectivity index (χ2n) is 7.90. The number of ether oxygens (including phenoxy) is 2. The van der Waals surface area contributed by atoms with Gasteiger partial charge in [0.1, 0.15) is 0 Å². The number of hydrogen-bond donors (Lipinski definition) is 1. The van der Waals surface area contributed by atoms with E-state index in [-0.39, 0.29) is 19.4 Å². The molecule has 0 bridgehead atoms. The summed E-state index contributed by atoms with van der Waals surface area (Å²) in [6, 6.07) is 0. The Labute approximate surface area is 183 Å². The van der Waals surface area contributed by atoms with Gasteiger partial charge in [0.15, 0.2) is 0 Å². The number of hydrogen-bond acceptors (Lipinski definition) is 6. The lowest BCUT2D eigenvalue weighted by Gasteiger charge is -2.15. The molecule has 0 rings (SSSR count). The normalized spacial score (nSPS) is 12.5. The van der Waals surface area contributed by atoms with E-state index in [1.54, 1.807) is 0 Å². The fourth-order valence-electron chi connectivity index (χ4n) is 3.10. The van der Waals surface area contributed by atoms with Crippen LogP contribution in [0.25, 0.3) is 0 Å². The van der Waals surface area contributed by atoms with Crippen molar-refractivity contribution in [1.29, 1.82) is 0 Å². The SMILES string of the molecule is CCCCCCCCOC(=O)CC(CCS(=O)(=O)O)C(=O)OCCCCCCCC. The minimum atomic E-state index is -4.22. The van der Waals surface area contributed by atoms with Gasteiger partial charge in [0.05, 0.1) is 31.3 Å². The summed E-state index contributed by atoms with van der Waals surface area (Å²) >= 11 is 0. The van der Waals surface area contributed by atoms with Crippen LogP contribution in [-0.4, -0.2) is 43.9 Å². The molecular weight excluding hydrogens is 408 g/mol. The van der Waals surface area contributed by atoms with Gasteiger partial charge in [-0.2, -0.15) is 8.42 Å². The molecule has 0 amide bonds. The fourth-order valence-corrected chi connectivity index (χ4v) is 3.68. The highest BCUT2D eigenvalue weighted by molar-refractivity contribution is 7.85. The van der Waals surface area contributed by atoms with Crippen LogP contribution < -0.4 is 0 Å². The van der Waals surface area contributed by atoms with E-state index >= 15 is 0 Å². The minimum Gasteiger partial charge on any atom is -0.466 e. The summed E-state index contributed by atoms with van der Waals surface area (Å²) in [5.41, 5.74) is 0. The Morgan fingerprint density at radius 2 is 1.23 bits per heavy atom. The van der Waals surface area contributed by atoms with E-state index in [1.165, 1.54) is 32.1 Å². The smallest absolute Gasteiger partial charge is 0.309 e. The highest BCUT2D eigenvalue weighted by Gasteiger charge is 2.26. The van der Waals surface area contributed by atoms with Gasteiger partial charge >= 0.3 is 11.9 Å². The highest BCUT2D eigenvalue weighted by atomic mass is 32.2. The summed E-state index contributed by atoms with van der Waals surface area (Å²) in [6.07, 6.45) is 12.3. The summed E-state index contributed by atoms with van der Waals surface area (Å²) in [7, 11) is -4.22. The summed E-state index contributed by atoms with van der Waals surface area (Å²) < 4.78 is 41.5. The zero-order chi connectivity index (χ0) is 22.7. The van der Waals surface area contributed by atoms with Gasteiger partial charge in [0, 0.05) is 0 Å². The summed E-state index contributed by atoms with van der Waals surface area (Å²) in [4.78, 5) is 24.4. The van der Waals surface area contributed by atoms with Crippen LogP contribution in [0.5, 0.6) is 0 Å². The lowest BCUT2D eigenvalue weighted by atomic mass is 10.0. The molecule has 30 heavy (non-hydrogen) atoms. The van der Waals surface area contributed by atoms with E-state index < -0.39 is 33.7 Å².